The van der Waals surface area contributed by atoms with Gasteiger partial charge < -0.3 is 4.72 Å². The van der Waals surface area contributed by atoms with Gasteiger partial charge in [-0.3, -0.25) is 4.79 Å². The van der Waals surface area contributed by atoms with Gasteiger partial charge in [-0.2, -0.15) is 0 Å². The monoisotopic (exact) mass is 217 g/mol. The summed E-state index contributed by atoms with van der Waals surface area (Å²) in [7, 11) is 0. The molecule has 0 heterocycles. The maximum atomic E-state index is 11.2. The van der Waals surface area contributed by atoms with Gasteiger partial charge in [0.1, 0.15) is 18.5 Å². The third kappa shape index (κ3) is 9.18. The summed E-state index contributed by atoms with van der Waals surface area (Å²) in [5, 5.41) is 0. The highest BCUT2D eigenvalue weighted by Gasteiger charge is 2.31. The van der Waals surface area contributed by atoms with Crippen molar-refractivity contribution in [3.8, 4) is 0 Å². The minimum atomic E-state index is -4.84. The zero-order valence-electron chi connectivity index (χ0n) is 6.42. The van der Waals surface area contributed by atoms with Gasteiger partial charge in [0.15, 0.2) is 0 Å². The molecule has 0 spiro atoms. The Bertz CT molecular complexity index is 194. The van der Waals surface area contributed by atoms with Crippen molar-refractivity contribution in [3.05, 3.63) is 11.8 Å². The fraction of sp³-hybridized carbons (Fsp3) is 0.400. The summed E-state index contributed by atoms with van der Waals surface area (Å²) in [5.41, 5.74) is 0.308. The lowest BCUT2D eigenvalue weighted by molar-refractivity contribution is -0.440. The number of halogens is 3. The van der Waals surface area contributed by atoms with Crippen LogP contribution in [0, 0.1) is 0 Å². The molecule has 76 valence electrons. The topological polar surface area (TPSA) is 47.6 Å². The van der Waals surface area contributed by atoms with Crippen LogP contribution in [0.1, 0.15) is 6.92 Å². The first-order valence-corrected chi connectivity index (χ1v) is 3.65. The molecule has 0 fully saturated rings. The van der Waals surface area contributed by atoms with Crippen molar-refractivity contribution in [2.45, 2.75) is 13.3 Å². The summed E-state index contributed by atoms with van der Waals surface area (Å²) in [6, 6.07) is 0. The Morgan fingerprint density at radius 1 is 1.54 bits per heavy atom. The van der Waals surface area contributed by atoms with Gasteiger partial charge in [0.2, 0.25) is 0 Å². The molecule has 0 aliphatic rings. The highest BCUT2D eigenvalue weighted by Crippen LogP contribution is 2.18. The third-order valence-corrected chi connectivity index (χ3v) is 1.03. The van der Waals surface area contributed by atoms with Gasteiger partial charge in [-0.25, -0.2) is 0 Å². The van der Waals surface area contributed by atoms with Crippen LogP contribution in [-0.2, 0) is 14.0 Å². The molecule has 4 nitrogen and oxygen atoms in total. The SMILES string of the molecule is CC(C=O)=CNSOOC(F)(F)F. The van der Waals surface area contributed by atoms with Crippen molar-refractivity contribution in [3.63, 3.8) is 0 Å². The van der Waals surface area contributed by atoms with E-state index in [0.717, 1.165) is 6.20 Å². The number of aldehydes is 1. The molecular weight excluding hydrogens is 211 g/mol. The first-order valence-electron chi connectivity index (χ1n) is 2.91. The quantitative estimate of drug-likeness (QED) is 0.144. The van der Waals surface area contributed by atoms with Crippen molar-refractivity contribution in [1.82, 2.24) is 4.72 Å². The highest BCUT2D eigenvalue weighted by molar-refractivity contribution is 7.92. The van der Waals surface area contributed by atoms with Crippen LogP contribution in [0.25, 0.3) is 0 Å². The van der Waals surface area contributed by atoms with E-state index in [9.17, 15) is 18.0 Å². The summed E-state index contributed by atoms with van der Waals surface area (Å²) in [6.07, 6.45) is -3.15. The molecule has 0 rings (SSSR count). The lowest BCUT2D eigenvalue weighted by atomic mass is 10.4. The van der Waals surface area contributed by atoms with Crippen LogP contribution >= 0.6 is 12.2 Å². The predicted octanol–water partition coefficient (Wildman–Crippen LogP) is 1.71. The summed E-state index contributed by atoms with van der Waals surface area (Å²) >= 11 is 0.196. The molecule has 0 bridgehead atoms. The minimum absolute atomic E-state index is 0.196. The predicted molar refractivity (Wildman–Crippen MR) is 38.8 cm³/mol. The van der Waals surface area contributed by atoms with Crippen molar-refractivity contribution in [1.29, 1.82) is 0 Å². The number of rotatable bonds is 5. The van der Waals surface area contributed by atoms with Gasteiger partial charge in [0, 0.05) is 11.8 Å². The molecule has 0 aromatic heterocycles. The normalized spacial score (nSPS) is 12.8. The summed E-state index contributed by atoms with van der Waals surface area (Å²) in [6.45, 7) is 1.46. The van der Waals surface area contributed by atoms with E-state index in [-0.39, 0.29) is 12.2 Å². The molecule has 0 radical (unpaired) electrons. The molecule has 0 aliphatic carbocycles. The number of hydrogen-bond acceptors (Lipinski definition) is 5. The van der Waals surface area contributed by atoms with Crippen LogP contribution in [0.5, 0.6) is 0 Å². The van der Waals surface area contributed by atoms with Crippen molar-refractivity contribution in [2.75, 3.05) is 0 Å². The standard InChI is InChI=1S/C5H6F3NO3S/c1-4(3-10)2-9-13-12-11-5(6,7)8/h2-3,9H,1H3. The van der Waals surface area contributed by atoms with E-state index in [0.29, 0.717) is 11.9 Å². The number of carbonyl (C=O) groups excluding carboxylic acids is 1. The van der Waals surface area contributed by atoms with Crippen LogP contribution in [0.4, 0.5) is 13.2 Å². The van der Waals surface area contributed by atoms with Gasteiger partial charge in [-0.15, -0.1) is 22.4 Å². The Hall–Kier alpha value is -0.730. The number of alkyl halides is 3. The van der Waals surface area contributed by atoms with E-state index in [2.05, 4.69) is 13.9 Å². The zero-order chi connectivity index (χ0) is 10.3. The van der Waals surface area contributed by atoms with Crippen LogP contribution in [0.2, 0.25) is 0 Å². The maximum Gasteiger partial charge on any atom is 0.550 e. The summed E-state index contributed by atoms with van der Waals surface area (Å²) < 4.78 is 39.5. The molecule has 0 aliphatic heterocycles. The van der Waals surface area contributed by atoms with Crippen LogP contribution in [0.3, 0.4) is 0 Å². The van der Waals surface area contributed by atoms with Crippen LogP contribution < -0.4 is 4.72 Å². The van der Waals surface area contributed by atoms with Gasteiger partial charge in [-0.1, -0.05) is 0 Å². The molecule has 0 aromatic rings. The average Bonchev–Trinajstić information content (AvgIpc) is 2.01. The van der Waals surface area contributed by atoms with Gasteiger partial charge in [-0.05, 0) is 6.92 Å². The van der Waals surface area contributed by atoms with Crippen molar-refractivity contribution < 1.29 is 27.2 Å². The van der Waals surface area contributed by atoms with E-state index in [1.54, 1.807) is 0 Å². The number of nitrogens with one attached hydrogen (secondary N) is 1. The minimum Gasteiger partial charge on any atom is -0.311 e. The Morgan fingerprint density at radius 2 is 2.15 bits per heavy atom. The van der Waals surface area contributed by atoms with Gasteiger partial charge >= 0.3 is 6.36 Å². The van der Waals surface area contributed by atoms with Gasteiger partial charge in [0.05, 0.1) is 0 Å². The molecule has 0 atom stereocenters. The van der Waals surface area contributed by atoms with E-state index in [4.69, 9.17) is 0 Å². The molecule has 13 heavy (non-hydrogen) atoms. The second-order valence-electron chi connectivity index (χ2n) is 1.80. The third-order valence-electron chi connectivity index (χ3n) is 0.683. The van der Waals surface area contributed by atoms with E-state index < -0.39 is 6.36 Å². The maximum absolute atomic E-state index is 11.2. The number of hydrogen-bond donors (Lipinski definition) is 1. The highest BCUT2D eigenvalue weighted by atomic mass is 32.2. The van der Waals surface area contributed by atoms with Gasteiger partial charge in [0.25, 0.3) is 0 Å². The first kappa shape index (κ1) is 12.3. The molecule has 8 heteroatoms. The number of allylic oxidation sites excluding steroid dienone is 1. The van der Waals surface area contributed by atoms with E-state index in [1.165, 1.54) is 6.92 Å². The van der Waals surface area contributed by atoms with E-state index in [1.807, 2.05) is 0 Å². The second kappa shape index (κ2) is 5.84. The smallest absolute Gasteiger partial charge is 0.311 e. The molecule has 0 amide bonds. The Kier molecular flexibility index (Phi) is 5.51. The molecule has 0 unspecified atom stereocenters. The lowest BCUT2D eigenvalue weighted by Crippen LogP contribution is -2.12. The molecule has 0 aromatic carbocycles. The molecule has 0 saturated heterocycles. The first-order chi connectivity index (χ1) is 5.95. The summed E-state index contributed by atoms with van der Waals surface area (Å²) in [5.74, 6) is 0. The Labute approximate surface area is 76.3 Å². The zero-order valence-corrected chi connectivity index (χ0v) is 7.24. The number of carbonyl (C=O) groups is 1. The molecular formula is C5H6F3NO3S. The fourth-order valence-corrected chi connectivity index (χ4v) is 0.611. The molecule has 0 saturated carbocycles. The molecule has 1 N–H and O–H groups in total. The van der Waals surface area contributed by atoms with Crippen LogP contribution in [-0.4, -0.2) is 12.6 Å². The lowest BCUT2D eigenvalue weighted by Gasteiger charge is -2.03. The van der Waals surface area contributed by atoms with Crippen molar-refractivity contribution in [2.24, 2.45) is 0 Å². The largest absolute Gasteiger partial charge is 0.550 e. The summed E-state index contributed by atoms with van der Waals surface area (Å²) in [4.78, 5) is 12.9. The second-order valence-corrected chi connectivity index (χ2v) is 2.34. The van der Waals surface area contributed by atoms with Crippen molar-refractivity contribution >= 4 is 18.5 Å². The average molecular weight is 217 g/mol. The Balaban J connectivity index is 3.42. The van der Waals surface area contributed by atoms with Crippen LogP contribution in [0.15, 0.2) is 11.8 Å². The fourth-order valence-electron chi connectivity index (χ4n) is 0.226. The van der Waals surface area contributed by atoms with E-state index >= 15 is 0 Å². The Morgan fingerprint density at radius 3 is 2.62 bits per heavy atom.